The van der Waals surface area contributed by atoms with E-state index in [0.29, 0.717) is 24.6 Å². The zero-order valence-corrected chi connectivity index (χ0v) is 13.5. The molecule has 5 nitrogen and oxygen atoms in total. The molecule has 128 valence electrons. The number of alkyl halides is 3. The summed E-state index contributed by atoms with van der Waals surface area (Å²) < 4.78 is 38.9. The Morgan fingerprint density at radius 3 is 2.67 bits per heavy atom. The van der Waals surface area contributed by atoms with Gasteiger partial charge in [-0.2, -0.15) is 13.2 Å². The van der Waals surface area contributed by atoms with Crippen molar-refractivity contribution in [1.82, 2.24) is 19.9 Å². The van der Waals surface area contributed by atoms with Gasteiger partial charge in [0.25, 0.3) is 0 Å². The van der Waals surface area contributed by atoms with Gasteiger partial charge in [0, 0.05) is 36.6 Å². The maximum atomic E-state index is 13.0. The predicted molar refractivity (Wildman–Crippen MR) is 82.7 cm³/mol. The quantitative estimate of drug-likeness (QED) is 0.842. The molecule has 2 aromatic rings. The number of rotatable bonds is 2. The third kappa shape index (κ3) is 3.63. The van der Waals surface area contributed by atoms with Crippen LogP contribution >= 0.6 is 0 Å². The van der Waals surface area contributed by atoms with Gasteiger partial charge in [-0.25, -0.2) is 19.9 Å². The summed E-state index contributed by atoms with van der Waals surface area (Å²) in [5.41, 5.74) is 0.327. The molecule has 0 spiro atoms. The Labute approximate surface area is 138 Å². The largest absolute Gasteiger partial charge is 0.433 e. The number of nitrogens with zero attached hydrogens (tertiary/aromatic N) is 5. The van der Waals surface area contributed by atoms with E-state index in [2.05, 4.69) is 19.9 Å². The number of aromatic nitrogens is 4. The van der Waals surface area contributed by atoms with Crippen LogP contribution in [0.3, 0.4) is 0 Å². The Hall–Kier alpha value is -2.25. The molecule has 24 heavy (non-hydrogen) atoms. The third-order valence-corrected chi connectivity index (χ3v) is 4.05. The van der Waals surface area contributed by atoms with Crippen LogP contribution in [0.25, 0.3) is 0 Å². The van der Waals surface area contributed by atoms with Gasteiger partial charge in [-0.1, -0.05) is 0 Å². The fourth-order valence-corrected chi connectivity index (χ4v) is 2.94. The molecule has 1 fully saturated rings. The second-order valence-electron chi connectivity index (χ2n) is 6.01. The van der Waals surface area contributed by atoms with Gasteiger partial charge in [-0.15, -0.1) is 0 Å². The number of anilines is 1. The predicted octanol–water partition coefficient (Wildman–Crippen LogP) is 3.29. The van der Waals surface area contributed by atoms with E-state index in [1.54, 1.807) is 13.1 Å². The van der Waals surface area contributed by atoms with E-state index in [1.807, 2.05) is 17.9 Å². The standard InChI is InChI=1S/C16H18F3N5/c1-10-8-14(16(17,18)19)23-15(21-10)24-7-3-4-12(9-24)13-5-6-20-11(2)22-13/h5-6,8,12H,3-4,7,9H2,1-2H3. The summed E-state index contributed by atoms with van der Waals surface area (Å²) in [6.07, 6.45) is -0.972. The van der Waals surface area contributed by atoms with Crippen molar-refractivity contribution in [1.29, 1.82) is 0 Å². The van der Waals surface area contributed by atoms with Gasteiger partial charge in [0.2, 0.25) is 5.95 Å². The number of hydrogen-bond donors (Lipinski definition) is 0. The lowest BCUT2D eigenvalue weighted by Gasteiger charge is -2.32. The minimum Gasteiger partial charge on any atom is -0.340 e. The molecule has 0 aliphatic carbocycles. The van der Waals surface area contributed by atoms with Crippen molar-refractivity contribution in [2.45, 2.75) is 38.8 Å². The summed E-state index contributed by atoms with van der Waals surface area (Å²) in [4.78, 5) is 18.3. The van der Waals surface area contributed by atoms with Crippen LogP contribution in [0.4, 0.5) is 19.1 Å². The first kappa shape index (κ1) is 16.6. The minimum absolute atomic E-state index is 0.137. The highest BCUT2D eigenvalue weighted by atomic mass is 19.4. The average molecular weight is 337 g/mol. The molecular formula is C16H18F3N5. The first-order valence-corrected chi connectivity index (χ1v) is 7.80. The fourth-order valence-electron chi connectivity index (χ4n) is 2.94. The first-order valence-electron chi connectivity index (χ1n) is 7.80. The Balaban J connectivity index is 1.86. The van der Waals surface area contributed by atoms with Crippen molar-refractivity contribution in [3.8, 4) is 0 Å². The van der Waals surface area contributed by atoms with Crippen LogP contribution in [0.15, 0.2) is 18.3 Å². The van der Waals surface area contributed by atoms with Crippen molar-refractivity contribution in [3.63, 3.8) is 0 Å². The zero-order chi connectivity index (χ0) is 17.3. The Morgan fingerprint density at radius 1 is 1.17 bits per heavy atom. The number of aryl methyl sites for hydroxylation is 2. The van der Waals surface area contributed by atoms with Gasteiger partial charge in [-0.05, 0) is 38.8 Å². The second-order valence-corrected chi connectivity index (χ2v) is 6.01. The first-order chi connectivity index (χ1) is 11.3. The summed E-state index contributed by atoms with van der Waals surface area (Å²) >= 11 is 0. The lowest BCUT2D eigenvalue weighted by molar-refractivity contribution is -0.141. The Bertz CT molecular complexity index is 732. The highest BCUT2D eigenvalue weighted by molar-refractivity contribution is 5.35. The average Bonchev–Trinajstić information content (AvgIpc) is 2.53. The molecule has 1 atom stereocenters. The van der Waals surface area contributed by atoms with E-state index in [4.69, 9.17) is 0 Å². The summed E-state index contributed by atoms with van der Waals surface area (Å²) in [5.74, 6) is 0.965. The van der Waals surface area contributed by atoms with Gasteiger partial charge in [0.15, 0.2) is 0 Å². The molecule has 1 aliphatic heterocycles. The molecule has 8 heteroatoms. The van der Waals surface area contributed by atoms with Crippen molar-refractivity contribution in [2.75, 3.05) is 18.0 Å². The van der Waals surface area contributed by atoms with Crippen molar-refractivity contribution in [2.24, 2.45) is 0 Å². The molecule has 0 aromatic carbocycles. The van der Waals surface area contributed by atoms with E-state index < -0.39 is 11.9 Å². The normalized spacial score (nSPS) is 18.7. The Kier molecular flexibility index (Phi) is 4.38. The molecule has 1 aliphatic rings. The van der Waals surface area contributed by atoms with Crippen LogP contribution < -0.4 is 4.90 Å². The van der Waals surface area contributed by atoms with Crippen molar-refractivity contribution in [3.05, 3.63) is 41.2 Å². The van der Waals surface area contributed by atoms with Gasteiger partial charge in [-0.3, -0.25) is 0 Å². The summed E-state index contributed by atoms with van der Waals surface area (Å²) in [6.45, 7) is 4.57. The smallest absolute Gasteiger partial charge is 0.340 e. The van der Waals surface area contributed by atoms with Gasteiger partial charge < -0.3 is 4.90 Å². The Morgan fingerprint density at radius 2 is 1.96 bits per heavy atom. The van der Waals surface area contributed by atoms with E-state index in [9.17, 15) is 13.2 Å². The van der Waals surface area contributed by atoms with Crippen molar-refractivity contribution < 1.29 is 13.2 Å². The zero-order valence-electron chi connectivity index (χ0n) is 13.5. The molecule has 2 aromatic heterocycles. The summed E-state index contributed by atoms with van der Waals surface area (Å²) in [6, 6.07) is 2.83. The van der Waals surface area contributed by atoms with Crippen LogP contribution in [0.5, 0.6) is 0 Å². The van der Waals surface area contributed by atoms with E-state index in [-0.39, 0.29) is 11.9 Å². The van der Waals surface area contributed by atoms with Crippen LogP contribution in [-0.4, -0.2) is 33.0 Å². The molecule has 0 N–H and O–H groups in total. The monoisotopic (exact) mass is 337 g/mol. The molecule has 1 unspecified atom stereocenters. The van der Waals surface area contributed by atoms with Crippen LogP contribution in [0, 0.1) is 13.8 Å². The molecule has 3 heterocycles. The number of halogens is 3. The maximum Gasteiger partial charge on any atom is 0.433 e. The van der Waals surface area contributed by atoms with E-state index >= 15 is 0 Å². The van der Waals surface area contributed by atoms with Crippen LogP contribution in [0.2, 0.25) is 0 Å². The molecule has 0 saturated carbocycles. The number of hydrogen-bond acceptors (Lipinski definition) is 5. The molecule has 0 radical (unpaired) electrons. The van der Waals surface area contributed by atoms with Crippen LogP contribution in [-0.2, 0) is 6.18 Å². The second kappa shape index (κ2) is 6.33. The molecule has 1 saturated heterocycles. The maximum absolute atomic E-state index is 13.0. The molecule has 0 amide bonds. The molecular weight excluding hydrogens is 319 g/mol. The highest BCUT2D eigenvalue weighted by Gasteiger charge is 2.34. The lowest BCUT2D eigenvalue weighted by atomic mass is 9.95. The number of piperidine rings is 1. The van der Waals surface area contributed by atoms with Gasteiger partial charge >= 0.3 is 6.18 Å². The third-order valence-electron chi connectivity index (χ3n) is 4.05. The van der Waals surface area contributed by atoms with E-state index in [1.165, 1.54) is 0 Å². The molecule has 3 rings (SSSR count). The van der Waals surface area contributed by atoms with Crippen LogP contribution in [0.1, 0.15) is 41.7 Å². The summed E-state index contributed by atoms with van der Waals surface area (Å²) in [7, 11) is 0. The fraction of sp³-hybridized carbons (Fsp3) is 0.500. The van der Waals surface area contributed by atoms with E-state index in [0.717, 1.165) is 24.6 Å². The highest BCUT2D eigenvalue weighted by Crippen LogP contribution is 2.31. The topological polar surface area (TPSA) is 54.8 Å². The van der Waals surface area contributed by atoms with Crippen molar-refractivity contribution >= 4 is 5.95 Å². The molecule has 0 bridgehead atoms. The van der Waals surface area contributed by atoms with Gasteiger partial charge in [0.05, 0.1) is 0 Å². The SMILES string of the molecule is Cc1cc(C(F)(F)F)nc(N2CCCC(c3ccnc(C)n3)C2)n1. The summed E-state index contributed by atoms with van der Waals surface area (Å²) in [5, 5.41) is 0. The van der Waals surface area contributed by atoms with Gasteiger partial charge in [0.1, 0.15) is 11.5 Å². The minimum atomic E-state index is -4.47. The lowest BCUT2D eigenvalue weighted by Crippen LogP contribution is -2.36.